The van der Waals surface area contributed by atoms with E-state index in [1.54, 1.807) is 0 Å². The molecule has 0 radical (unpaired) electrons. The smallest absolute Gasteiger partial charge is 0.322 e. The molecule has 4 heteroatoms. The molecular weight excluding hydrogens is 198 g/mol. The van der Waals surface area contributed by atoms with Gasteiger partial charge in [-0.05, 0) is 31.7 Å². The van der Waals surface area contributed by atoms with Crippen LogP contribution in [0.2, 0.25) is 0 Å². The summed E-state index contributed by atoms with van der Waals surface area (Å²) in [6.07, 6.45) is 2.22. The predicted octanol–water partition coefficient (Wildman–Crippen LogP) is 1.68. The molecule has 2 atom stereocenters. The summed E-state index contributed by atoms with van der Waals surface area (Å²) in [6.45, 7) is 5.70. The Kier molecular flexibility index (Phi) is 4.75. The number of carbonyl (C=O) groups is 1. The van der Waals surface area contributed by atoms with Crippen molar-refractivity contribution >= 4 is 17.7 Å². The minimum Gasteiger partial charge on any atom is -0.480 e. The highest BCUT2D eigenvalue weighted by atomic mass is 32.2. The molecule has 0 aromatic heterocycles. The van der Waals surface area contributed by atoms with E-state index in [9.17, 15) is 9.90 Å². The molecule has 0 bridgehead atoms. The summed E-state index contributed by atoms with van der Waals surface area (Å²) >= 11 is 1.82. The van der Waals surface area contributed by atoms with Gasteiger partial charge in [0.05, 0.1) is 0 Å². The first-order valence-electron chi connectivity index (χ1n) is 5.29. The minimum absolute atomic E-state index is 0.280. The van der Waals surface area contributed by atoms with Gasteiger partial charge in [0.25, 0.3) is 0 Å². The maximum Gasteiger partial charge on any atom is 0.322 e. The Morgan fingerprint density at radius 2 is 2.21 bits per heavy atom. The molecule has 0 spiro atoms. The van der Waals surface area contributed by atoms with Crippen molar-refractivity contribution in [2.24, 2.45) is 0 Å². The van der Waals surface area contributed by atoms with Gasteiger partial charge in [0.1, 0.15) is 6.04 Å². The van der Waals surface area contributed by atoms with Crippen LogP contribution < -0.4 is 0 Å². The van der Waals surface area contributed by atoms with Crippen LogP contribution in [-0.4, -0.2) is 46.1 Å². The fourth-order valence-electron chi connectivity index (χ4n) is 2.02. The predicted molar refractivity (Wildman–Crippen MR) is 59.8 cm³/mol. The standard InChI is InChI=1S/C10H19NO2S/c1-3-11(4-2)9(10(12)13)8-6-5-7-14-8/h8-9H,3-7H2,1-2H3,(H,12,13). The molecule has 0 saturated carbocycles. The van der Waals surface area contributed by atoms with Crippen LogP contribution in [0.4, 0.5) is 0 Å². The van der Waals surface area contributed by atoms with Crippen LogP contribution in [0.3, 0.4) is 0 Å². The molecule has 1 rings (SSSR count). The Morgan fingerprint density at radius 1 is 1.57 bits per heavy atom. The molecule has 0 aromatic carbocycles. The summed E-state index contributed by atoms with van der Waals surface area (Å²) in [5.41, 5.74) is 0. The molecule has 1 heterocycles. The monoisotopic (exact) mass is 217 g/mol. The van der Waals surface area contributed by atoms with E-state index in [0.717, 1.165) is 25.3 Å². The topological polar surface area (TPSA) is 40.5 Å². The van der Waals surface area contributed by atoms with Gasteiger partial charge in [-0.3, -0.25) is 9.69 Å². The van der Waals surface area contributed by atoms with E-state index < -0.39 is 5.97 Å². The van der Waals surface area contributed by atoms with E-state index in [1.165, 1.54) is 6.42 Å². The Balaban J connectivity index is 2.66. The van der Waals surface area contributed by atoms with Crippen molar-refractivity contribution < 1.29 is 9.90 Å². The van der Waals surface area contributed by atoms with Gasteiger partial charge in [0.15, 0.2) is 0 Å². The van der Waals surface area contributed by atoms with Crippen LogP contribution in [0.25, 0.3) is 0 Å². The molecule has 1 aliphatic rings. The van der Waals surface area contributed by atoms with Gasteiger partial charge >= 0.3 is 5.97 Å². The van der Waals surface area contributed by atoms with E-state index in [4.69, 9.17) is 0 Å². The van der Waals surface area contributed by atoms with E-state index in [0.29, 0.717) is 5.25 Å². The fraction of sp³-hybridized carbons (Fsp3) is 0.900. The first-order chi connectivity index (χ1) is 6.70. The SMILES string of the molecule is CCN(CC)C(C(=O)O)C1CCCS1. The molecule has 82 valence electrons. The van der Waals surface area contributed by atoms with Gasteiger partial charge in [-0.1, -0.05) is 13.8 Å². The van der Waals surface area contributed by atoms with Gasteiger partial charge in [0.2, 0.25) is 0 Å². The van der Waals surface area contributed by atoms with Crippen molar-refractivity contribution in [3.63, 3.8) is 0 Å². The van der Waals surface area contributed by atoms with Crippen molar-refractivity contribution in [3.05, 3.63) is 0 Å². The maximum atomic E-state index is 11.2. The molecule has 0 aromatic rings. The van der Waals surface area contributed by atoms with E-state index in [2.05, 4.69) is 0 Å². The van der Waals surface area contributed by atoms with Crippen molar-refractivity contribution in [2.75, 3.05) is 18.8 Å². The number of thioether (sulfide) groups is 1. The highest BCUT2D eigenvalue weighted by molar-refractivity contribution is 8.00. The molecule has 3 nitrogen and oxygen atoms in total. The summed E-state index contributed by atoms with van der Waals surface area (Å²) in [5, 5.41) is 9.51. The van der Waals surface area contributed by atoms with Crippen LogP contribution in [0.15, 0.2) is 0 Å². The Bertz CT molecular complexity index is 187. The third-order valence-corrected chi connectivity index (χ3v) is 4.22. The quantitative estimate of drug-likeness (QED) is 0.760. The molecule has 0 amide bonds. The van der Waals surface area contributed by atoms with E-state index >= 15 is 0 Å². The second-order valence-corrected chi connectivity index (χ2v) is 4.90. The van der Waals surface area contributed by atoms with Gasteiger partial charge < -0.3 is 5.11 Å². The number of rotatable bonds is 5. The Morgan fingerprint density at radius 3 is 2.57 bits per heavy atom. The lowest BCUT2D eigenvalue weighted by Gasteiger charge is -2.30. The number of nitrogens with zero attached hydrogens (tertiary/aromatic N) is 1. The van der Waals surface area contributed by atoms with Crippen LogP contribution in [0.5, 0.6) is 0 Å². The van der Waals surface area contributed by atoms with E-state index in [1.807, 2.05) is 30.5 Å². The molecule has 2 unspecified atom stereocenters. The highest BCUT2D eigenvalue weighted by Crippen LogP contribution is 2.31. The number of hydrogen-bond donors (Lipinski definition) is 1. The zero-order valence-electron chi connectivity index (χ0n) is 8.90. The average Bonchev–Trinajstić information content (AvgIpc) is 2.65. The second kappa shape index (κ2) is 5.61. The average molecular weight is 217 g/mol. The number of hydrogen-bond acceptors (Lipinski definition) is 3. The molecule has 14 heavy (non-hydrogen) atoms. The summed E-state index contributed by atoms with van der Waals surface area (Å²) in [6, 6.07) is -0.280. The second-order valence-electron chi connectivity index (χ2n) is 3.56. The number of aliphatic carboxylic acids is 1. The largest absolute Gasteiger partial charge is 0.480 e. The molecule has 0 aliphatic carbocycles. The molecular formula is C10H19NO2S. The number of likely N-dealkylation sites (N-methyl/N-ethyl adjacent to an activating group) is 1. The van der Waals surface area contributed by atoms with Crippen molar-refractivity contribution in [2.45, 2.75) is 38.0 Å². The van der Waals surface area contributed by atoms with Gasteiger partial charge in [0, 0.05) is 5.25 Å². The lowest BCUT2D eigenvalue weighted by Crippen LogP contribution is -2.47. The molecule has 1 aliphatic heterocycles. The van der Waals surface area contributed by atoms with Crippen molar-refractivity contribution in [1.82, 2.24) is 4.90 Å². The van der Waals surface area contributed by atoms with Crippen molar-refractivity contribution in [1.29, 1.82) is 0 Å². The summed E-state index contributed by atoms with van der Waals surface area (Å²) in [4.78, 5) is 13.2. The van der Waals surface area contributed by atoms with Gasteiger partial charge in [-0.25, -0.2) is 0 Å². The lowest BCUT2D eigenvalue weighted by atomic mass is 10.1. The first-order valence-corrected chi connectivity index (χ1v) is 6.34. The summed E-state index contributed by atoms with van der Waals surface area (Å²) < 4.78 is 0. The molecule has 1 N–H and O–H groups in total. The van der Waals surface area contributed by atoms with Gasteiger partial charge in [-0.15, -0.1) is 0 Å². The first kappa shape index (κ1) is 11.9. The van der Waals surface area contributed by atoms with Crippen LogP contribution in [0, 0.1) is 0 Å². The van der Waals surface area contributed by atoms with Crippen molar-refractivity contribution in [3.8, 4) is 0 Å². The molecule has 1 fully saturated rings. The summed E-state index contributed by atoms with van der Waals surface area (Å²) in [7, 11) is 0. The van der Waals surface area contributed by atoms with Crippen LogP contribution in [0.1, 0.15) is 26.7 Å². The zero-order chi connectivity index (χ0) is 10.6. The third kappa shape index (κ3) is 2.64. The fourth-order valence-corrected chi connectivity index (χ4v) is 3.46. The maximum absolute atomic E-state index is 11.2. The van der Waals surface area contributed by atoms with Crippen LogP contribution >= 0.6 is 11.8 Å². The molecule has 1 saturated heterocycles. The third-order valence-electron chi connectivity index (χ3n) is 2.78. The Labute approximate surface area is 89.9 Å². The minimum atomic E-state index is -0.659. The zero-order valence-corrected chi connectivity index (χ0v) is 9.72. The van der Waals surface area contributed by atoms with E-state index in [-0.39, 0.29) is 6.04 Å². The Hall–Kier alpha value is -0.220. The number of carboxylic acids is 1. The van der Waals surface area contributed by atoms with Gasteiger partial charge in [-0.2, -0.15) is 11.8 Å². The van der Waals surface area contributed by atoms with Crippen LogP contribution in [-0.2, 0) is 4.79 Å². The highest BCUT2D eigenvalue weighted by Gasteiger charge is 2.34. The summed E-state index contributed by atoms with van der Waals surface area (Å²) in [5.74, 6) is 0.462. The normalized spacial score (nSPS) is 24.1. The lowest BCUT2D eigenvalue weighted by molar-refractivity contribution is -0.143. The number of carboxylic acid groups (broad SMARTS) is 1.